The van der Waals surface area contributed by atoms with Gasteiger partial charge in [0.25, 0.3) is 0 Å². The molecule has 0 aliphatic heterocycles. The lowest BCUT2D eigenvalue weighted by Gasteiger charge is -2.18. The molecule has 0 atom stereocenters. The summed E-state index contributed by atoms with van der Waals surface area (Å²) in [4.78, 5) is 12.4. The molecular formula is C19H28N4O2S2. The fourth-order valence-electron chi connectivity index (χ4n) is 2.80. The van der Waals surface area contributed by atoms with Gasteiger partial charge in [-0.3, -0.25) is 0 Å². The minimum Gasteiger partial charge on any atom is -0.491 e. The first-order valence-corrected chi connectivity index (χ1v) is 10.3. The Labute approximate surface area is 172 Å². The minimum atomic E-state index is 0.000729. The van der Waals surface area contributed by atoms with E-state index < -0.39 is 0 Å². The Balaban J connectivity index is 2.39. The highest BCUT2D eigenvalue weighted by molar-refractivity contribution is 7.80. The third kappa shape index (κ3) is 6.86. The van der Waals surface area contributed by atoms with E-state index in [4.69, 9.17) is 4.74 Å². The summed E-state index contributed by atoms with van der Waals surface area (Å²) in [6.45, 7) is 4.63. The molecule has 1 aromatic heterocycles. The molecule has 0 spiro atoms. The average molecular weight is 409 g/mol. The zero-order chi connectivity index (χ0) is 19.6. The van der Waals surface area contributed by atoms with Crippen molar-refractivity contribution >= 4 is 36.9 Å². The molecule has 148 valence electrons. The standard InChI is InChI=1S/C19H28N4O2S2/c1-3-5-7-13-11-15(20-17-21-18(26)23-19(27)22-17)12-14(8-6-4-2)16(13)25-10-9-24/h11-12,24H,3-10H2,1-2H3,(H3,20,21,22,23,26,27). The summed E-state index contributed by atoms with van der Waals surface area (Å²) >= 11 is 8.37. The van der Waals surface area contributed by atoms with Crippen molar-refractivity contribution in [1.29, 1.82) is 0 Å². The zero-order valence-corrected chi connectivity index (χ0v) is 17.7. The third-order valence-electron chi connectivity index (χ3n) is 4.05. The number of aliphatic hydroxyl groups excluding tert-OH is 1. The van der Waals surface area contributed by atoms with Crippen LogP contribution in [0.5, 0.6) is 5.75 Å². The van der Waals surface area contributed by atoms with Gasteiger partial charge in [0.2, 0.25) is 5.95 Å². The van der Waals surface area contributed by atoms with Gasteiger partial charge < -0.3 is 15.2 Å². The van der Waals surface area contributed by atoms with E-state index in [-0.39, 0.29) is 6.61 Å². The van der Waals surface area contributed by atoms with Crippen molar-refractivity contribution < 1.29 is 9.84 Å². The molecule has 8 heteroatoms. The number of nitrogens with one attached hydrogen (secondary N) is 1. The molecule has 1 aromatic carbocycles. The fourth-order valence-corrected chi connectivity index (χ4v) is 3.26. The van der Waals surface area contributed by atoms with Crippen LogP contribution < -0.4 is 10.1 Å². The molecular weight excluding hydrogens is 380 g/mol. The molecule has 0 aliphatic carbocycles. The van der Waals surface area contributed by atoms with E-state index in [1.807, 2.05) is 0 Å². The van der Waals surface area contributed by atoms with E-state index in [0.29, 0.717) is 22.9 Å². The molecule has 0 saturated heterocycles. The van der Waals surface area contributed by atoms with Crippen LogP contribution in [0, 0.1) is 0 Å². The predicted molar refractivity (Wildman–Crippen MR) is 114 cm³/mol. The predicted octanol–water partition coefficient (Wildman–Crippen LogP) is 4.25. The van der Waals surface area contributed by atoms with Crippen molar-refractivity contribution in [3.63, 3.8) is 0 Å². The molecule has 2 N–H and O–H groups in total. The highest BCUT2D eigenvalue weighted by Crippen LogP contribution is 2.32. The van der Waals surface area contributed by atoms with E-state index >= 15 is 0 Å². The van der Waals surface area contributed by atoms with Gasteiger partial charge in [0, 0.05) is 5.69 Å². The second kappa shape index (κ2) is 11.4. The topological polar surface area (TPSA) is 80.2 Å². The average Bonchev–Trinajstić information content (AvgIpc) is 2.62. The lowest BCUT2D eigenvalue weighted by atomic mass is 9.99. The normalized spacial score (nSPS) is 10.9. The first-order valence-electron chi connectivity index (χ1n) is 9.37. The molecule has 0 aliphatic rings. The van der Waals surface area contributed by atoms with Crippen LogP contribution >= 0.6 is 25.3 Å². The molecule has 2 aromatic rings. The Hall–Kier alpha value is -1.51. The van der Waals surface area contributed by atoms with Crippen molar-refractivity contribution in [2.75, 3.05) is 18.5 Å². The van der Waals surface area contributed by atoms with Gasteiger partial charge in [-0.15, -0.1) is 25.3 Å². The summed E-state index contributed by atoms with van der Waals surface area (Å²) in [6.07, 6.45) is 6.16. The largest absolute Gasteiger partial charge is 0.491 e. The summed E-state index contributed by atoms with van der Waals surface area (Å²) in [5.74, 6) is 1.31. The maximum atomic E-state index is 9.19. The lowest BCUT2D eigenvalue weighted by molar-refractivity contribution is 0.199. The summed E-state index contributed by atoms with van der Waals surface area (Å²) in [5.41, 5.74) is 3.16. The molecule has 2 rings (SSSR count). The number of thiol groups is 2. The number of nitrogens with zero attached hydrogens (tertiary/aromatic N) is 3. The van der Waals surface area contributed by atoms with Gasteiger partial charge in [-0.25, -0.2) is 0 Å². The molecule has 1 heterocycles. The number of ether oxygens (including phenoxy) is 1. The monoisotopic (exact) mass is 408 g/mol. The molecule has 0 saturated carbocycles. The lowest BCUT2D eigenvalue weighted by Crippen LogP contribution is -2.08. The maximum Gasteiger partial charge on any atom is 0.232 e. The Kier molecular flexibility index (Phi) is 9.17. The Morgan fingerprint density at radius 2 is 1.52 bits per heavy atom. The maximum absolute atomic E-state index is 9.19. The Morgan fingerprint density at radius 3 is 2.00 bits per heavy atom. The van der Waals surface area contributed by atoms with Crippen molar-refractivity contribution in [2.45, 2.75) is 62.7 Å². The summed E-state index contributed by atoms with van der Waals surface area (Å²) in [7, 11) is 0. The van der Waals surface area contributed by atoms with Gasteiger partial charge in [-0.1, -0.05) is 26.7 Å². The molecule has 0 amide bonds. The highest BCUT2D eigenvalue weighted by atomic mass is 32.1. The molecule has 0 fully saturated rings. The molecule has 6 nitrogen and oxygen atoms in total. The van der Waals surface area contributed by atoms with Crippen molar-refractivity contribution in [2.24, 2.45) is 0 Å². The molecule has 27 heavy (non-hydrogen) atoms. The summed E-state index contributed by atoms with van der Waals surface area (Å²) < 4.78 is 5.91. The van der Waals surface area contributed by atoms with Crippen molar-refractivity contribution in [3.8, 4) is 5.75 Å². The van der Waals surface area contributed by atoms with Gasteiger partial charge in [0.1, 0.15) is 12.4 Å². The number of aliphatic hydroxyl groups is 1. The van der Waals surface area contributed by atoms with Crippen LogP contribution in [0.25, 0.3) is 0 Å². The number of rotatable bonds is 11. The van der Waals surface area contributed by atoms with Crippen LogP contribution in [0.15, 0.2) is 22.4 Å². The van der Waals surface area contributed by atoms with Gasteiger partial charge >= 0.3 is 0 Å². The second-order valence-electron chi connectivity index (χ2n) is 6.29. The quantitative estimate of drug-likeness (QED) is 0.416. The molecule has 0 bridgehead atoms. The third-order valence-corrected chi connectivity index (χ3v) is 4.45. The summed E-state index contributed by atoms with van der Waals surface area (Å²) in [6, 6.07) is 4.13. The van der Waals surface area contributed by atoms with Crippen LogP contribution in [-0.2, 0) is 12.8 Å². The van der Waals surface area contributed by atoms with E-state index in [9.17, 15) is 5.11 Å². The van der Waals surface area contributed by atoms with Crippen LogP contribution in [0.4, 0.5) is 11.6 Å². The Morgan fingerprint density at radius 1 is 0.963 bits per heavy atom. The van der Waals surface area contributed by atoms with Crippen molar-refractivity contribution in [1.82, 2.24) is 15.0 Å². The van der Waals surface area contributed by atoms with E-state index in [2.05, 4.69) is 71.5 Å². The molecule has 0 unspecified atom stereocenters. The number of anilines is 2. The van der Waals surface area contributed by atoms with Gasteiger partial charge in [0.15, 0.2) is 10.3 Å². The number of unbranched alkanes of at least 4 members (excludes halogenated alkanes) is 2. The van der Waals surface area contributed by atoms with Gasteiger partial charge in [-0.05, 0) is 48.9 Å². The SMILES string of the molecule is CCCCc1cc(Nc2nc(S)nc(S)n2)cc(CCCC)c1OCCO. The van der Waals surface area contributed by atoms with Gasteiger partial charge in [-0.2, -0.15) is 15.0 Å². The smallest absolute Gasteiger partial charge is 0.232 e. The number of aryl methyl sites for hydroxylation is 2. The first-order chi connectivity index (χ1) is 13.1. The van der Waals surface area contributed by atoms with Crippen LogP contribution in [0.3, 0.4) is 0 Å². The van der Waals surface area contributed by atoms with E-state index in [1.54, 1.807) is 0 Å². The number of benzene rings is 1. The van der Waals surface area contributed by atoms with Crippen LogP contribution in [0.2, 0.25) is 0 Å². The number of hydrogen-bond donors (Lipinski definition) is 4. The van der Waals surface area contributed by atoms with Crippen LogP contribution in [-0.4, -0.2) is 33.3 Å². The number of aromatic nitrogens is 3. The van der Waals surface area contributed by atoms with E-state index in [0.717, 1.165) is 61.1 Å². The fraction of sp³-hybridized carbons (Fsp3) is 0.526. The summed E-state index contributed by atoms with van der Waals surface area (Å²) in [5, 5.41) is 13.1. The minimum absolute atomic E-state index is 0.000729. The first kappa shape index (κ1) is 21.8. The van der Waals surface area contributed by atoms with E-state index in [1.165, 1.54) is 0 Å². The molecule has 0 radical (unpaired) electrons. The van der Waals surface area contributed by atoms with Crippen molar-refractivity contribution in [3.05, 3.63) is 23.3 Å². The second-order valence-corrected chi connectivity index (χ2v) is 7.09. The Bertz CT molecular complexity index is 694. The zero-order valence-electron chi connectivity index (χ0n) is 15.9. The highest BCUT2D eigenvalue weighted by Gasteiger charge is 2.14. The van der Waals surface area contributed by atoms with Crippen LogP contribution in [0.1, 0.15) is 50.7 Å². The van der Waals surface area contributed by atoms with Gasteiger partial charge in [0.05, 0.1) is 6.61 Å². The number of hydrogen-bond acceptors (Lipinski definition) is 8.